The first kappa shape index (κ1) is 27.5. The van der Waals surface area contributed by atoms with Crippen LogP contribution in [0.25, 0.3) is 76.9 Å². The lowest BCUT2D eigenvalue weighted by Crippen LogP contribution is -2.09. The highest BCUT2D eigenvalue weighted by atomic mass is 16.3. The van der Waals surface area contributed by atoms with E-state index in [1.165, 1.54) is 22.3 Å². The van der Waals surface area contributed by atoms with Crippen molar-refractivity contribution in [1.29, 1.82) is 0 Å². The molecule has 0 aliphatic carbocycles. The van der Waals surface area contributed by atoms with Gasteiger partial charge in [0.15, 0.2) is 0 Å². The number of anilines is 3. The highest BCUT2D eigenvalue weighted by Gasteiger charge is 2.22. The lowest BCUT2D eigenvalue weighted by molar-refractivity contribution is 0.665. The molecule has 0 saturated carbocycles. The van der Waals surface area contributed by atoms with Gasteiger partial charge in [-0.3, -0.25) is 0 Å². The van der Waals surface area contributed by atoms with E-state index < -0.39 is 0 Å². The van der Waals surface area contributed by atoms with E-state index in [4.69, 9.17) is 8.83 Å². The zero-order valence-electron chi connectivity index (χ0n) is 26.5. The summed E-state index contributed by atoms with van der Waals surface area (Å²) in [6.45, 7) is 0. The minimum Gasteiger partial charge on any atom is -0.455 e. The summed E-state index contributed by atoms with van der Waals surface area (Å²) in [5, 5.41) is 6.51. The highest BCUT2D eigenvalue weighted by molar-refractivity contribution is 6.33. The Morgan fingerprint density at radius 3 is 1.41 bits per heavy atom. The molecule has 0 bridgehead atoms. The van der Waals surface area contributed by atoms with Gasteiger partial charge in [0, 0.05) is 44.7 Å². The number of hydrogen-bond donors (Lipinski definition) is 0. The van der Waals surface area contributed by atoms with E-state index in [1.54, 1.807) is 0 Å². The third-order valence-electron chi connectivity index (χ3n) is 9.66. The fourth-order valence-corrected chi connectivity index (χ4v) is 7.34. The van der Waals surface area contributed by atoms with E-state index in [9.17, 15) is 0 Å². The molecular weight excluding hydrogens is 599 g/mol. The summed E-state index contributed by atoms with van der Waals surface area (Å²) in [5.41, 5.74) is 11.3. The van der Waals surface area contributed by atoms with Gasteiger partial charge in [0.1, 0.15) is 22.3 Å². The number of fused-ring (bicyclic) bond motifs is 10. The summed E-state index contributed by atoms with van der Waals surface area (Å²) in [6.07, 6.45) is 0. The van der Waals surface area contributed by atoms with Gasteiger partial charge >= 0.3 is 0 Å². The van der Waals surface area contributed by atoms with Crippen LogP contribution in [-0.4, -0.2) is 0 Å². The second-order valence-electron chi connectivity index (χ2n) is 12.5. The predicted octanol–water partition coefficient (Wildman–Crippen LogP) is 13.4. The number of hydrogen-bond acceptors (Lipinski definition) is 3. The SMILES string of the molecule is c1ccc(-c2ccc(N(c3ccc(-c4ccccc4)cc3)c3ccc4c(c3)oc3c5ccccc5c5c6ccccc6oc5c43)cc2)cc1. The topological polar surface area (TPSA) is 29.5 Å². The molecule has 10 rings (SSSR count). The van der Waals surface area contributed by atoms with Crippen LogP contribution in [0.1, 0.15) is 0 Å². The van der Waals surface area contributed by atoms with E-state index in [2.05, 4.69) is 169 Å². The first-order valence-electron chi connectivity index (χ1n) is 16.6. The van der Waals surface area contributed by atoms with Crippen LogP contribution in [0.5, 0.6) is 0 Å². The quantitative estimate of drug-likeness (QED) is 0.190. The van der Waals surface area contributed by atoms with Crippen LogP contribution in [-0.2, 0) is 0 Å². The Labute approximate surface area is 282 Å². The first-order valence-corrected chi connectivity index (χ1v) is 16.6. The van der Waals surface area contributed by atoms with Gasteiger partial charge in [-0.15, -0.1) is 0 Å². The normalized spacial score (nSPS) is 11.7. The zero-order chi connectivity index (χ0) is 32.3. The maximum Gasteiger partial charge on any atom is 0.147 e. The summed E-state index contributed by atoms with van der Waals surface area (Å²) in [5.74, 6) is 0. The molecule has 49 heavy (non-hydrogen) atoms. The van der Waals surface area contributed by atoms with Gasteiger partial charge in [0.05, 0.1) is 5.39 Å². The van der Waals surface area contributed by atoms with Crippen LogP contribution < -0.4 is 4.90 Å². The van der Waals surface area contributed by atoms with Crippen molar-refractivity contribution in [2.75, 3.05) is 4.90 Å². The average molecular weight is 628 g/mol. The molecule has 2 heterocycles. The van der Waals surface area contributed by atoms with E-state index in [0.29, 0.717) is 0 Å². The molecule has 0 radical (unpaired) electrons. The maximum atomic E-state index is 6.80. The van der Waals surface area contributed by atoms with Crippen LogP contribution in [0.4, 0.5) is 17.1 Å². The third kappa shape index (κ3) is 4.44. The zero-order valence-corrected chi connectivity index (χ0v) is 26.5. The molecule has 0 fully saturated rings. The van der Waals surface area contributed by atoms with Gasteiger partial charge in [0.25, 0.3) is 0 Å². The average Bonchev–Trinajstić information content (AvgIpc) is 3.75. The van der Waals surface area contributed by atoms with E-state index in [1.807, 2.05) is 12.1 Å². The Bertz CT molecular complexity index is 2710. The van der Waals surface area contributed by atoms with Crippen molar-refractivity contribution >= 4 is 71.7 Å². The molecule has 0 saturated heterocycles. The summed E-state index contributed by atoms with van der Waals surface area (Å²) < 4.78 is 13.4. The van der Waals surface area contributed by atoms with Crippen molar-refractivity contribution in [1.82, 2.24) is 0 Å². The minimum atomic E-state index is 0.817. The number of benzene rings is 8. The highest BCUT2D eigenvalue weighted by Crippen LogP contribution is 2.46. The Kier molecular flexibility index (Phi) is 6.18. The van der Waals surface area contributed by atoms with Gasteiger partial charge in [-0.05, 0) is 70.1 Å². The lowest BCUT2D eigenvalue weighted by Gasteiger charge is -2.26. The molecule has 3 heteroatoms. The van der Waals surface area contributed by atoms with Crippen molar-refractivity contribution in [3.05, 3.63) is 176 Å². The fraction of sp³-hybridized carbons (Fsp3) is 0. The Morgan fingerprint density at radius 1 is 0.306 bits per heavy atom. The standard InChI is InChI=1S/C46H29NO2/c1-3-11-30(12-4-1)32-19-23-34(24-20-32)47(35-25-21-33(22-26-35)31-13-5-2-6-14-31)36-27-28-40-42(29-36)49-45-38-16-8-7-15-37(38)43-39-17-9-10-18-41(39)48-46(43)44(40)45/h1-29H. The van der Waals surface area contributed by atoms with E-state index in [-0.39, 0.29) is 0 Å². The van der Waals surface area contributed by atoms with E-state index in [0.717, 1.165) is 71.7 Å². The van der Waals surface area contributed by atoms with Gasteiger partial charge in [-0.25, -0.2) is 0 Å². The minimum absolute atomic E-state index is 0.817. The Morgan fingerprint density at radius 2 is 0.776 bits per heavy atom. The molecule has 0 aliphatic heterocycles. The first-order chi connectivity index (χ1) is 24.3. The molecule has 0 aliphatic rings. The third-order valence-corrected chi connectivity index (χ3v) is 9.66. The molecule has 10 aromatic rings. The molecule has 0 unspecified atom stereocenters. The molecule has 2 aromatic heterocycles. The summed E-state index contributed by atoms with van der Waals surface area (Å²) in [6, 6.07) is 61.9. The van der Waals surface area contributed by atoms with Crippen molar-refractivity contribution in [3.8, 4) is 22.3 Å². The number of para-hydroxylation sites is 1. The smallest absolute Gasteiger partial charge is 0.147 e. The molecule has 0 atom stereocenters. The van der Waals surface area contributed by atoms with Crippen molar-refractivity contribution in [2.45, 2.75) is 0 Å². The Balaban J connectivity index is 1.17. The van der Waals surface area contributed by atoms with Crippen LogP contribution in [0, 0.1) is 0 Å². The van der Waals surface area contributed by atoms with Crippen LogP contribution in [0.2, 0.25) is 0 Å². The molecule has 8 aromatic carbocycles. The fourth-order valence-electron chi connectivity index (χ4n) is 7.34. The summed E-state index contributed by atoms with van der Waals surface area (Å²) >= 11 is 0. The van der Waals surface area contributed by atoms with Crippen LogP contribution >= 0.6 is 0 Å². The van der Waals surface area contributed by atoms with Crippen LogP contribution in [0.3, 0.4) is 0 Å². The largest absolute Gasteiger partial charge is 0.455 e. The second kappa shape index (κ2) is 11.0. The molecule has 3 nitrogen and oxygen atoms in total. The molecule has 230 valence electrons. The summed E-state index contributed by atoms with van der Waals surface area (Å²) in [7, 11) is 0. The monoisotopic (exact) mass is 627 g/mol. The molecule has 0 spiro atoms. The van der Waals surface area contributed by atoms with Crippen molar-refractivity contribution in [2.24, 2.45) is 0 Å². The number of furan rings is 2. The second-order valence-corrected chi connectivity index (χ2v) is 12.5. The van der Waals surface area contributed by atoms with E-state index >= 15 is 0 Å². The van der Waals surface area contributed by atoms with Gasteiger partial charge in [-0.1, -0.05) is 127 Å². The van der Waals surface area contributed by atoms with Gasteiger partial charge in [-0.2, -0.15) is 0 Å². The van der Waals surface area contributed by atoms with Crippen LogP contribution in [0.15, 0.2) is 185 Å². The Hall–Kier alpha value is -6.58. The van der Waals surface area contributed by atoms with Gasteiger partial charge < -0.3 is 13.7 Å². The molecule has 0 amide bonds. The maximum absolute atomic E-state index is 6.80. The number of rotatable bonds is 5. The van der Waals surface area contributed by atoms with Crippen molar-refractivity contribution in [3.63, 3.8) is 0 Å². The van der Waals surface area contributed by atoms with Gasteiger partial charge in [0.2, 0.25) is 0 Å². The number of nitrogens with zero attached hydrogens (tertiary/aromatic N) is 1. The van der Waals surface area contributed by atoms with Crippen molar-refractivity contribution < 1.29 is 8.83 Å². The predicted molar refractivity (Wildman–Crippen MR) is 204 cm³/mol. The lowest BCUT2D eigenvalue weighted by atomic mass is 9.99. The molecule has 0 N–H and O–H groups in total. The summed E-state index contributed by atoms with van der Waals surface area (Å²) in [4.78, 5) is 2.30. The molecular formula is C46H29NO2.